The van der Waals surface area contributed by atoms with Crippen molar-refractivity contribution in [3.05, 3.63) is 64.0 Å². The van der Waals surface area contributed by atoms with Crippen molar-refractivity contribution in [2.75, 3.05) is 6.61 Å². The molecule has 0 radical (unpaired) electrons. The topological polar surface area (TPSA) is 110 Å². The summed E-state index contributed by atoms with van der Waals surface area (Å²) in [6.07, 6.45) is -4.36. The van der Waals surface area contributed by atoms with Crippen molar-refractivity contribution in [3.8, 4) is 17.0 Å². The van der Waals surface area contributed by atoms with Crippen LogP contribution >= 0.6 is 23.2 Å². The first-order chi connectivity index (χ1) is 15.7. The molecule has 3 N–H and O–H groups in total. The van der Waals surface area contributed by atoms with Crippen LogP contribution in [0, 0.1) is 17.5 Å². The van der Waals surface area contributed by atoms with Crippen LogP contribution in [-0.4, -0.2) is 61.5 Å². The first kappa shape index (κ1) is 23.7. The van der Waals surface area contributed by atoms with Crippen molar-refractivity contribution in [2.24, 2.45) is 0 Å². The predicted molar refractivity (Wildman–Crippen MR) is 109 cm³/mol. The molecule has 1 aliphatic heterocycles. The third kappa shape index (κ3) is 4.65. The maximum atomic E-state index is 13.6. The first-order valence-corrected chi connectivity index (χ1v) is 10.3. The molecule has 0 saturated carbocycles. The highest BCUT2D eigenvalue weighted by Crippen LogP contribution is 2.34. The summed E-state index contributed by atoms with van der Waals surface area (Å²) in [6.45, 7) is -0.623. The van der Waals surface area contributed by atoms with Crippen LogP contribution in [0.2, 0.25) is 10.0 Å². The minimum atomic E-state index is -1.63. The summed E-state index contributed by atoms with van der Waals surface area (Å²) in [5.74, 6) is -4.27. The zero-order chi connectivity index (χ0) is 23.9. The minimum absolute atomic E-state index is 0.0545. The molecule has 4 rings (SSSR count). The van der Waals surface area contributed by atoms with Gasteiger partial charge in [-0.3, -0.25) is 0 Å². The SMILES string of the molecule is OCC1OC(Oc2ccc(Cl)c(Cl)c2)[C@@H](O)C(n2cc(-c3cc(F)c(F)c(F)c3)nn2)C1O. The van der Waals surface area contributed by atoms with Crippen LogP contribution in [0.1, 0.15) is 6.04 Å². The highest BCUT2D eigenvalue weighted by Gasteiger charge is 2.47. The largest absolute Gasteiger partial charge is 0.462 e. The lowest BCUT2D eigenvalue weighted by molar-refractivity contribution is -0.260. The zero-order valence-corrected chi connectivity index (χ0v) is 18.0. The maximum Gasteiger partial charge on any atom is 0.228 e. The zero-order valence-electron chi connectivity index (χ0n) is 16.4. The Balaban J connectivity index is 1.63. The van der Waals surface area contributed by atoms with Crippen molar-refractivity contribution in [3.63, 3.8) is 0 Å². The van der Waals surface area contributed by atoms with Crippen LogP contribution in [0.4, 0.5) is 13.2 Å². The van der Waals surface area contributed by atoms with Crippen LogP contribution in [0.3, 0.4) is 0 Å². The third-order valence-electron chi connectivity index (χ3n) is 5.09. The molecule has 8 nitrogen and oxygen atoms in total. The van der Waals surface area contributed by atoms with Gasteiger partial charge in [0.05, 0.1) is 22.8 Å². The molecule has 0 amide bonds. The van der Waals surface area contributed by atoms with Crippen LogP contribution in [-0.2, 0) is 4.74 Å². The van der Waals surface area contributed by atoms with Crippen LogP contribution < -0.4 is 4.74 Å². The number of ether oxygens (including phenoxy) is 2. The Morgan fingerprint density at radius 1 is 1.03 bits per heavy atom. The Morgan fingerprint density at radius 2 is 1.73 bits per heavy atom. The van der Waals surface area contributed by atoms with E-state index >= 15 is 0 Å². The predicted octanol–water partition coefficient (Wildman–Crippen LogP) is 2.73. The van der Waals surface area contributed by atoms with Crippen LogP contribution in [0.25, 0.3) is 11.3 Å². The Labute approximate surface area is 194 Å². The lowest BCUT2D eigenvalue weighted by atomic mass is 9.96. The molecule has 1 fully saturated rings. The van der Waals surface area contributed by atoms with Gasteiger partial charge >= 0.3 is 0 Å². The molecule has 0 spiro atoms. The number of halogens is 5. The van der Waals surface area contributed by atoms with Crippen LogP contribution in [0.5, 0.6) is 5.75 Å². The number of aliphatic hydroxyl groups is 3. The van der Waals surface area contributed by atoms with E-state index in [2.05, 4.69) is 10.3 Å². The molecule has 4 unspecified atom stereocenters. The summed E-state index contributed by atoms with van der Waals surface area (Å²) >= 11 is 11.9. The van der Waals surface area contributed by atoms with Gasteiger partial charge in [0.15, 0.2) is 17.5 Å². The van der Waals surface area contributed by atoms with Gasteiger partial charge in [0.25, 0.3) is 0 Å². The van der Waals surface area contributed by atoms with Crippen molar-refractivity contribution in [2.45, 2.75) is 30.6 Å². The number of aliphatic hydroxyl groups excluding tert-OH is 3. The van der Waals surface area contributed by atoms with Gasteiger partial charge in [0.2, 0.25) is 6.29 Å². The molecular weight excluding hydrogens is 490 g/mol. The maximum absolute atomic E-state index is 13.6. The fourth-order valence-corrected chi connectivity index (χ4v) is 3.71. The first-order valence-electron chi connectivity index (χ1n) is 9.50. The highest BCUT2D eigenvalue weighted by molar-refractivity contribution is 6.42. The molecule has 5 atom stereocenters. The fraction of sp³-hybridized carbons (Fsp3) is 0.300. The number of benzene rings is 2. The third-order valence-corrected chi connectivity index (χ3v) is 5.83. The molecule has 176 valence electrons. The molecule has 1 aliphatic rings. The Bertz CT molecular complexity index is 1140. The number of hydrogen-bond donors (Lipinski definition) is 3. The van der Waals surface area contributed by atoms with Gasteiger partial charge in [0, 0.05) is 11.6 Å². The molecule has 1 aromatic heterocycles. The number of rotatable bonds is 5. The molecule has 0 aliphatic carbocycles. The van der Waals surface area contributed by atoms with E-state index in [0.717, 1.165) is 16.8 Å². The second kappa shape index (κ2) is 9.45. The van der Waals surface area contributed by atoms with Gasteiger partial charge in [-0.05, 0) is 24.3 Å². The van der Waals surface area contributed by atoms with Crippen molar-refractivity contribution in [1.82, 2.24) is 15.0 Å². The van der Waals surface area contributed by atoms with E-state index in [0.29, 0.717) is 0 Å². The van der Waals surface area contributed by atoms with Crippen molar-refractivity contribution in [1.29, 1.82) is 0 Å². The minimum Gasteiger partial charge on any atom is -0.462 e. The van der Waals surface area contributed by atoms with Gasteiger partial charge in [-0.15, -0.1) is 5.10 Å². The molecule has 2 heterocycles. The number of aromatic nitrogens is 3. The van der Waals surface area contributed by atoms with Gasteiger partial charge in [-0.25, -0.2) is 17.9 Å². The van der Waals surface area contributed by atoms with Gasteiger partial charge in [-0.2, -0.15) is 0 Å². The summed E-state index contributed by atoms with van der Waals surface area (Å²) in [6, 6.07) is 4.56. The molecule has 1 saturated heterocycles. The van der Waals surface area contributed by atoms with E-state index in [9.17, 15) is 28.5 Å². The summed E-state index contributed by atoms with van der Waals surface area (Å²) in [7, 11) is 0. The Morgan fingerprint density at radius 3 is 2.36 bits per heavy atom. The number of nitrogens with zero attached hydrogens (tertiary/aromatic N) is 3. The highest BCUT2D eigenvalue weighted by atomic mass is 35.5. The van der Waals surface area contributed by atoms with E-state index in [4.69, 9.17) is 32.7 Å². The van der Waals surface area contributed by atoms with E-state index in [1.54, 1.807) is 0 Å². The summed E-state index contributed by atoms with van der Waals surface area (Å²) in [5, 5.41) is 39.2. The monoisotopic (exact) mass is 505 g/mol. The van der Waals surface area contributed by atoms with Gasteiger partial charge in [0.1, 0.15) is 35.8 Å². The average molecular weight is 506 g/mol. The lowest BCUT2D eigenvalue weighted by Gasteiger charge is -2.41. The van der Waals surface area contributed by atoms with E-state index in [1.807, 2.05) is 0 Å². The molecule has 33 heavy (non-hydrogen) atoms. The van der Waals surface area contributed by atoms with Crippen LogP contribution in [0.15, 0.2) is 36.5 Å². The summed E-state index contributed by atoms with van der Waals surface area (Å²) < 4.78 is 52.6. The average Bonchev–Trinajstić information content (AvgIpc) is 3.26. The van der Waals surface area contributed by atoms with Gasteiger partial charge in [-0.1, -0.05) is 28.4 Å². The number of hydrogen-bond acceptors (Lipinski definition) is 7. The van der Waals surface area contributed by atoms with Gasteiger partial charge < -0.3 is 24.8 Å². The molecule has 0 bridgehead atoms. The quantitative estimate of drug-likeness (QED) is 0.457. The Kier molecular flexibility index (Phi) is 6.80. The summed E-state index contributed by atoms with van der Waals surface area (Å²) in [5.41, 5.74) is -0.169. The Hall–Kier alpha value is -2.41. The molecule has 3 aromatic rings. The summed E-state index contributed by atoms with van der Waals surface area (Å²) in [4.78, 5) is 0. The lowest BCUT2D eigenvalue weighted by Crippen LogP contribution is -2.57. The van der Waals surface area contributed by atoms with Crippen molar-refractivity contribution < 1.29 is 38.0 Å². The normalized spacial score (nSPS) is 25.3. The molecular formula is C20H16Cl2F3N3O5. The van der Waals surface area contributed by atoms with E-state index in [1.165, 1.54) is 24.4 Å². The van der Waals surface area contributed by atoms with Crippen molar-refractivity contribution >= 4 is 23.2 Å². The second-order valence-electron chi connectivity index (χ2n) is 7.23. The smallest absolute Gasteiger partial charge is 0.228 e. The van der Waals surface area contributed by atoms with E-state index < -0.39 is 54.7 Å². The molecule has 2 aromatic carbocycles. The second-order valence-corrected chi connectivity index (χ2v) is 8.04. The fourth-order valence-electron chi connectivity index (χ4n) is 3.42. The molecule has 13 heteroatoms. The van der Waals surface area contributed by atoms with E-state index in [-0.39, 0.29) is 27.1 Å². The standard InChI is InChI=1S/C20H16Cl2F3N3O5/c21-10-2-1-9(5-11(10)22)32-20-19(31)17(18(30)15(7-29)33-20)28-6-14(26-27-28)8-3-12(23)16(25)13(24)4-8/h1-6,15,17-20,29-31H,7H2/t15?,17?,18?,19-,20?/m0/s1.